The number of anilines is 1. The normalized spacial score (nSPS) is 14.2. The molecule has 0 saturated heterocycles. The number of carboxylic acids is 1. The Morgan fingerprint density at radius 3 is 2.70 bits per heavy atom. The number of aromatic carboxylic acids is 1. The fraction of sp³-hybridized carbons (Fsp3) is 0.231. The molecular weight excluding hydrogens is 262 g/mol. The lowest BCUT2D eigenvalue weighted by atomic mass is 10.1. The predicted octanol–water partition coefficient (Wildman–Crippen LogP) is 0.898. The molecule has 2 rings (SSSR count). The third-order valence-corrected chi connectivity index (χ3v) is 2.90. The second-order valence-electron chi connectivity index (χ2n) is 4.38. The largest absolute Gasteiger partial charge is 0.478 e. The van der Waals surface area contributed by atoms with Crippen LogP contribution in [0.1, 0.15) is 28.8 Å². The summed E-state index contributed by atoms with van der Waals surface area (Å²) in [5.74, 6) is -1.75. The average Bonchev–Trinajstić information content (AvgIpc) is 2.41. The van der Waals surface area contributed by atoms with Crippen LogP contribution in [-0.4, -0.2) is 28.6 Å². The average molecular weight is 275 g/mol. The Labute approximate surface area is 114 Å². The van der Waals surface area contributed by atoms with Gasteiger partial charge in [-0.05, 0) is 24.6 Å². The quantitative estimate of drug-likeness (QED) is 0.761. The van der Waals surface area contributed by atoms with E-state index in [4.69, 9.17) is 5.11 Å². The number of hydrogen-bond donors (Lipinski definition) is 3. The monoisotopic (exact) mass is 275 g/mol. The van der Waals surface area contributed by atoms with Gasteiger partial charge in [-0.25, -0.2) is 10.2 Å². The highest BCUT2D eigenvalue weighted by molar-refractivity contribution is 6.43. The minimum Gasteiger partial charge on any atom is -0.478 e. The molecule has 0 fully saturated rings. The van der Waals surface area contributed by atoms with Crippen molar-refractivity contribution in [1.82, 2.24) is 5.43 Å². The number of amides is 2. The number of rotatable bonds is 3. The fourth-order valence-corrected chi connectivity index (χ4v) is 1.72. The lowest BCUT2D eigenvalue weighted by Crippen LogP contribution is -2.32. The third kappa shape index (κ3) is 3.00. The van der Waals surface area contributed by atoms with Gasteiger partial charge in [0.25, 0.3) is 5.91 Å². The van der Waals surface area contributed by atoms with Crippen molar-refractivity contribution in [2.75, 3.05) is 5.32 Å². The molecule has 1 heterocycles. The highest BCUT2D eigenvalue weighted by Crippen LogP contribution is 2.17. The SMILES string of the molecule is Cc1ccc(C(=O)O)cc1NC(=O)C1=NNC(=O)CC1. The number of benzene rings is 1. The number of hydrogen-bond acceptors (Lipinski definition) is 4. The molecule has 7 heteroatoms. The maximum atomic E-state index is 12.0. The second-order valence-corrected chi connectivity index (χ2v) is 4.38. The van der Waals surface area contributed by atoms with E-state index >= 15 is 0 Å². The summed E-state index contributed by atoms with van der Waals surface area (Å²) in [6, 6.07) is 4.47. The first-order chi connectivity index (χ1) is 9.47. The van der Waals surface area contributed by atoms with Crippen LogP contribution in [0.2, 0.25) is 0 Å². The van der Waals surface area contributed by atoms with Crippen molar-refractivity contribution in [3.63, 3.8) is 0 Å². The molecule has 1 aliphatic rings. The van der Waals surface area contributed by atoms with E-state index in [1.165, 1.54) is 12.1 Å². The molecule has 104 valence electrons. The van der Waals surface area contributed by atoms with Crippen molar-refractivity contribution in [2.24, 2.45) is 5.10 Å². The predicted molar refractivity (Wildman–Crippen MR) is 71.6 cm³/mol. The molecule has 0 bridgehead atoms. The van der Waals surface area contributed by atoms with Crippen LogP contribution in [0, 0.1) is 6.92 Å². The molecule has 0 spiro atoms. The molecule has 0 aromatic heterocycles. The van der Waals surface area contributed by atoms with Crippen LogP contribution in [0.4, 0.5) is 5.69 Å². The highest BCUT2D eigenvalue weighted by Gasteiger charge is 2.19. The van der Waals surface area contributed by atoms with E-state index < -0.39 is 11.9 Å². The summed E-state index contributed by atoms with van der Waals surface area (Å²) in [7, 11) is 0. The topological polar surface area (TPSA) is 108 Å². The van der Waals surface area contributed by atoms with Gasteiger partial charge in [-0.2, -0.15) is 5.10 Å². The Bertz CT molecular complexity index is 622. The molecule has 0 saturated carbocycles. The van der Waals surface area contributed by atoms with Gasteiger partial charge in [-0.15, -0.1) is 0 Å². The number of carboxylic acid groups (broad SMARTS) is 1. The van der Waals surface area contributed by atoms with E-state index in [2.05, 4.69) is 15.8 Å². The Morgan fingerprint density at radius 1 is 1.35 bits per heavy atom. The van der Waals surface area contributed by atoms with Crippen molar-refractivity contribution in [3.8, 4) is 0 Å². The lowest BCUT2D eigenvalue weighted by Gasteiger charge is -2.13. The molecule has 3 N–H and O–H groups in total. The molecule has 1 aromatic carbocycles. The summed E-state index contributed by atoms with van der Waals surface area (Å²) in [5.41, 5.74) is 3.69. The van der Waals surface area contributed by atoms with E-state index in [0.717, 1.165) is 5.56 Å². The Balaban J connectivity index is 2.17. The lowest BCUT2D eigenvalue weighted by molar-refractivity contribution is -0.121. The summed E-state index contributed by atoms with van der Waals surface area (Å²) in [5, 5.41) is 15.2. The van der Waals surface area contributed by atoms with Crippen LogP contribution < -0.4 is 10.7 Å². The standard InChI is InChI=1S/C13H13N3O4/c1-7-2-3-8(13(19)20)6-10(7)14-12(18)9-4-5-11(17)16-15-9/h2-3,6H,4-5H2,1H3,(H,14,18)(H,16,17)(H,19,20). The van der Waals surface area contributed by atoms with Gasteiger partial charge in [0.1, 0.15) is 5.71 Å². The van der Waals surface area contributed by atoms with E-state index in [9.17, 15) is 14.4 Å². The van der Waals surface area contributed by atoms with Crippen molar-refractivity contribution in [1.29, 1.82) is 0 Å². The maximum Gasteiger partial charge on any atom is 0.335 e. The van der Waals surface area contributed by atoms with Gasteiger partial charge < -0.3 is 10.4 Å². The van der Waals surface area contributed by atoms with Crippen molar-refractivity contribution in [2.45, 2.75) is 19.8 Å². The first-order valence-corrected chi connectivity index (χ1v) is 5.98. The van der Waals surface area contributed by atoms with Crippen LogP contribution in [0.15, 0.2) is 23.3 Å². The highest BCUT2D eigenvalue weighted by atomic mass is 16.4. The third-order valence-electron chi connectivity index (χ3n) is 2.90. The Morgan fingerprint density at radius 2 is 2.10 bits per heavy atom. The maximum absolute atomic E-state index is 12.0. The molecular formula is C13H13N3O4. The summed E-state index contributed by atoms with van der Waals surface area (Å²) >= 11 is 0. The fourth-order valence-electron chi connectivity index (χ4n) is 1.72. The number of carbonyl (C=O) groups excluding carboxylic acids is 2. The zero-order valence-corrected chi connectivity index (χ0v) is 10.8. The molecule has 2 amide bonds. The molecule has 0 unspecified atom stereocenters. The van der Waals surface area contributed by atoms with Gasteiger partial charge in [0.05, 0.1) is 5.56 Å². The van der Waals surface area contributed by atoms with Gasteiger partial charge in [0.15, 0.2) is 0 Å². The molecule has 1 aromatic rings. The minimum atomic E-state index is -1.07. The van der Waals surface area contributed by atoms with Crippen LogP contribution in [0.5, 0.6) is 0 Å². The van der Waals surface area contributed by atoms with Crippen LogP contribution in [-0.2, 0) is 9.59 Å². The van der Waals surface area contributed by atoms with Crippen LogP contribution >= 0.6 is 0 Å². The zero-order valence-electron chi connectivity index (χ0n) is 10.8. The van der Waals surface area contributed by atoms with E-state index in [1.54, 1.807) is 13.0 Å². The minimum absolute atomic E-state index is 0.0878. The molecule has 1 aliphatic heterocycles. The van der Waals surface area contributed by atoms with Gasteiger partial charge in [0, 0.05) is 18.5 Å². The summed E-state index contributed by atoms with van der Waals surface area (Å²) in [6.07, 6.45) is 0.468. The second kappa shape index (κ2) is 5.52. The number of hydrazone groups is 1. The van der Waals surface area contributed by atoms with Crippen LogP contribution in [0.3, 0.4) is 0 Å². The zero-order chi connectivity index (χ0) is 14.7. The summed E-state index contributed by atoms with van der Waals surface area (Å²) < 4.78 is 0. The van der Waals surface area contributed by atoms with Gasteiger partial charge in [-0.1, -0.05) is 6.07 Å². The summed E-state index contributed by atoms with van der Waals surface area (Å²) in [6.45, 7) is 1.76. The van der Waals surface area contributed by atoms with Gasteiger partial charge in [-0.3, -0.25) is 9.59 Å². The number of nitrogens with zero attached hydrogens (tertiary/aromatic N) is 1. The summed E-state index contributed by atoms with van der Waals surface area (Å²) in [4.78, 5) is 33.8. The molecule has 7 nitrogen and oxygen atoms in total. The molecule has 0 aliphatic carbocycles. The molecule has 0 radical (unpaired) electrons. The molecule has 20 heavy (non-hydrogen) atoms. The smallest absolute Gasteiger partial charge is 0.335 e. The number of nitrogens with one attached hydrogen (secondary N) is 2. The Hall–Kier alpha value is -2.70. The van der Waals surface area contributed by atoms with E-state index in [-0.39, 0.29) is 30.0 Å². The first kappa shape index (κ1) is 13.7. The molecule has 0 atom stereocenters. The van der Waals surface area contributed by atoms with Crippen molar-refractivity contribution < 1.29 is 19.5 Å². The van der Waals surface area contributed by atoms with Gasteiger partial charge in [0.2, 0.25) is 5.91 Å². The number of carbonyl (C=O) groups is 3. The van der Waals surface area contributed by atoms with E-state index in [1.807, 2.05) is 0 Å². The van der Waals surface area contributed by atoms with Gasteiger partial charge >= 0.3 is 5.97 Å². The van der Waals surface area contributed by atoms with Crippen molar-refractivity contribution in [3.05, 3.63) is 29.3 Å². The Kier molecular flexibility index (Phi) is 3.79. The van der Waals surface area contributed by atoms with E-state index in [0.29, 0.717) is 5.69 Å². The first-order valence-electron chi connectivity index (χ1n) is 5.98. The van der Waals surface area contributed by atoms with Crippen molar-refractivity contribution >= 4 is 29.2 Å². The van der Waals surface area contributed by atoms with Crippen LogP contribution in [0.25, 0.3) is 0 Å². The number of aryl methyl sites for hydroxylation is 1.